The molecule has 25 heavy (non-hydrogen) atoms. The van der Waals surface area contributed by atoms with Crippen LogP contribution in [0.2, 0.25) is 0 Å². The molecule has 0 radical (unpaired) electrons. The number of esters is 2. The summed E-state index contributed by atoms with van der Waals surface area (Å²) >= 11 is 3.27. The predicted molar refractivity (Wildman–Crippen MR) is 88.1 cm³/mol. The van der Waals surface area contributed by atoms with Crippen molar-refractivity contribution < 1.29 is 38.4 Å². The highest BCUT2D eigenvalue weighted by Gasteiger charge is 2.39. The fraction of sp³-hybridized carbons (Fsp3) is 0.312. The first-order valence-corrected chi connectivity index (χ1v) is 7.83. The van der Waals surface area contributed by atoms with Gasteiger partial charge in [-0.25, -0.2) is 14.4 Å². The Hall–Kier alpha value is -2.55. The van der Waals surface area contributed by atoms with Crippen molar-refractivity contribution in [2.75, 3.05) is 13.7 Å². The number of carbonyl (C=O) groups excluding carboxylic acids is 2. The monoisotopic (exact) mass is 414 g/mol. The topological polar surface area (TPSA) is 108 Å². The van der Waals surface area contributed by atoms with Gasteiger partial charge in [-0.15, -0.1) is 0 Å². The Morgan fingerprint density at radius 3 is 2.40 bits per heavy atom. The summed E-state index contributed by atoms with van der Waals surface area (Å²) in [5.74, 6) is -3.98. The number of carboxylic acid groups (broad SMARTS) is 1. The Balaban J connectivity index is 2.50. The number of methoxy groups -OCH3 is 1. The van der Waals surface area contributed by atoms with Crippen LogP contribution in [-0.4, -0.2) is 42.5 Å². The van der Waals surface area contributed by atoms with Crippen molar-refractivity contribution in [3.63, 3.8) is 0 Å². The lowest BCUT2D eigenvalue weighted by Gasteiger charge is -2.29. The molecule has 1 N–H and O–H groups in total. The maximum absolute atomic E-state index is 12.1. The van der Waals surface area contributed by atoms with E-state index >= 15 is 0 Å². The summed E-state index contributed by atoms with van der Waals surface area (Å²) in [6.45, 7) is 2.24. The van der Waals surface area contributed by atoms with Gasteiger partial charge in [-0.2, -0.15) is 0 Å². The molecule has 0 aliphatic carbocycles. The summed E-state index contributed by atoms with van der Waals surface area (Å²) in [5.41, 5.74) is -0.101. The molecule has 1 aliphatic rings. The van der Waals surface area contributed by atoms with Gasteiger partial charge in [-0.1, -0.05) is 15.9 Å². The maximum Gasteiger partial charge on any atom is 0.348 e. The third kappa shape index (κ3) is 4.50. The second kappa shape index (κ2) is 7.14. The molecular weight excluding hydrogens is 400 g/mol. The standard InChI is InChI=1S/C16H15BrO8/c1-16(2)24-14(20)10(15(21)25-16)5-8-4-9(17)6-11(22-3)13(8)23-7-12(18)19/h4-6H,7H2,1-3H3,(H,18,19). The van der Waals surface area contributed by atoms with E-state index in [9.17, 15) is 14.4 Å². The number of carboxylic acids is 1. The number of cyclic esters (lactones) is 2. The summed E-state index contributed by atoms with van der Waals surface area (Å²) in [4.78, 5) is 34.9. The Bertz CT molecular complexity index is 744. The summed E-state index contributed by atoms with van der Waals surface area (Å²) in [7, 11) is 1.37. The molecule has 0 spiro atoms. The van der Waals surface area contributed by atoms with Crippen molar-refractivity contribution in [2.24, 2.45) is 0 Å². The van der Waals surface area contributed by atoms with Crippen LogP contribution in [0.4, 0.5) is 0 Å². The van der Waals surface area contributed by atoms with E-state index in [0.29, 0.717) is 4.47 Å². The summed E-state index contributed by atoms with van der Waals surface area (Å²) in [6.07, 6.45) is 1.20. The maximum atomic E-state index is 12.1. The van der Waals surface area contributed by atoms with Crippen LogP contribution in [0.25, 0.3) is 6.08 Å². The van der Waals surface area contributed by atoms with E-state index in [1.54, 1.807) is 6.07 Å². The molecule has 1 aromatic rings. The van der Waals surface area contributed by atoms with E-state index in [4.69, 9.17) is 24.1 Å². The number of hydrogen-bond donors (Lipinski definition) is 1. The second-order valence-electron chi connectivity index (χ2n) is 5.45. The molecule has 1 aromatic carbocycles. The highest BCUT2D eigenvalue weighted by molar-refractivity contribution is 9.10. The van der Waals surface area contributed by atoms with Crippen LogP contribution < -0.4 is 9.47 Å². The fourth-order valence-corrected chi connectivity index (χ4v) is 2.52. The number of halogens is 1. The summed E-state index contributed by atoms with van der Waals surface area (Å²) in [5, 5.41) is 8.81. The van der Waals surface area contributed by atoms with E-state index in [1.807, 2.05) is 0 Å². The van der Waals surface area contributed by atoms with Crippen LogP contribution in [0.3, 0.4) is 0 Å². The largest absolute Gasteiger partial charge is 0.493 e. The first kappa shape index (κ1) is 18.8. The van der Waals surface area contributed by atoms with Crippen LogP contribution in [0, 0.1) is 0 Å². The van der Waals surface area contributed by atoms with Crippen molar-refractivity contribution in [3.05, 3.63) is 27.7 Å². The normalized spacial score (nSPS) is 15.9. The van der Waals surface area contributed by atoms with Gasteiger partial charge >= 0.3 is 17.9 Å². The van der Waals surface area contributed by atoms with Gasteiger partial charge in [0, 0.05) is 23.9 Å². The third-order valence-corrected chi connectivity index (χ3v) is 3.48. The molecule has 0 atom stereocenters. The predicted octanol–water partition coefficient (Wildman–Crippen LogP) is 2.14. The van der Waals surface area contributed by atoms with Gasteiger partial charge in [-0.3, -0.25) is 0 Å². The van der Waals surface area contributed by atoms with Crippen LogP contribution in [-0.2, 0) is 23.9 Å². The van der Waals surface area contributed by atoms with Gasteiger partial charge in [0.15, 0.2) is 18.1 Å². The van der Waals surface area contributed by atoms with Crippen LogP contribution in [0.1, 0.15) is 19.4 Å². The lowest BCUT2D eigenvalue weighted by molar-refractivity contribution is -0.222. The van der Waals surface area contributed by atoms with Gasteiger partial charge in [0.05, 0.1) is 7.11 Å². The van der Waals surface area contributed by atoms with Gasteiger partial charge in [0.2, 0.25) is 0 Å². The molecule has 2 rings (SSSR count). The number of hydrogen-bond acceptors (Lipinski definition) is 7. The molecule has 9 heteroatoms. The zero-order valence-electron chi connectivity index (χ0n) is 13.6. The Kier molecular flexibility index (Phi) is 5.36. The lowest BCUT2D eigenvalue weighted by Crippen LogP contribution is -2.41. The number of rotatable bonds is 5. The quantitative estimate of drug-likeness (QED) is 0.443. The van der Waals surface area contributed by atoms with Crippen molar-refractivity contribution in [1.29, 1.82) is 0 Å². The molecule has 0 aromatic heterocycles. The van der Waals surface area contributed by atoms with E-state index in [2.05, 4.69) is 15.9 Å². The Morgan fingerprint density at radius 2 is 1.88 bits per heavy atom. The van der Waals surface area contributed by atoms with E-state index in [1.165, 1.54) is 33.1 Å². The van der Waals surface area contributed by atoms with Gasteiger partial charge in [-0.05, 0) is 18.2 Å². The fourth-order valence-electron chi connectivity index (χ4n) is 2.07. The number of carbonyl (C=O) groups is 3. The second-order valence-corrected chi connectivity index (χ2v) is 6.36. The zero-order chi connectivity index (χ0) is 18.8. The van der Waals surface area contributed by atoms with Gasteiger partial charge in [0.1, 0.15) is 5.57 Å². The molecule has 1 saturated heterocycles. The van der Waals surface area contributed by atoms with Crippen LogP contribution in [0.5, 0.6) is 11.5 Å². The molecule has 0 amide bonds. The SMILES string of the molecule is COc1cc(Br)cc(C=C2C(=O)OC(C)(C)OC2=O)c1OCC(=O)O. The van der Waals surface area contributed by atoms with Crippen LogP contribution >= 0.6 is 15.9 Å². The summed E-state index contributed by atoms with van der Waals surface area (Å²) < 4.78 is 21.0. The highest BCUT2D eigenvalue weighted by Crippen LogP contribution is 2.37. The van der Waals surface area contributed by atoms with Crippen molar-refractivity contribution >= 4 is 39.9 Å². The number of ether oxygens (including phenoxy) is 4. The molecular formula is C16H15BrO8. The summed E-state index contributed by atoms with van der Waals surface area (Å²) in [6, 6.07) is 3.09. The average Bonchev–Trinajstić information content (AvgIpc) is 2.48. The minimum Gasteiger partial charge on any atom is -0.493 e. The minimum atomic E-state index is -1.36. The van der Waals surface area contributed by atoms with Crippen LogP contribution in [0.15, 0.2) is 22.2 Å². The number of aliphatic carboxylic acids is 1. The van der Waals surface area contributed by atoms with Crippen molar-refractivity contribution in [2.45, 2.75) is 19.6 Å². The molecule has 8 nitrogen and oxygen atoms in total. The molecule has 0 unspecified atom stereocenters. The molecule has 0 bridgehead atoms. The molecule has 1 heterocycles. The van der Waals surface area contributed by atoms with Crippen molar-refractivity contribution in [1.82, 2.24) is 0 Å². The Morgan fingerprint density at radius 1 is 1.28 bits per heavy atom. The van der Waals surface area contributed by atoms with Crippen molar-refractivity contribution in [3.8, 4) is 11.5 Å². The molecule has 1 aliphatic heterocycles. The first-order valence-electron chi connectivity index (χ1n) is 7.03. The molecule has 0 saturated carbocycles. The van der Waals surface area contributed by atoms with Gasteiger partial charge in [0.25, 0.3) is 5.79 Å². The minimum absolute atomic E-state index is 0.0611. The zero-order valence-corrected chi connectivity index (χ0v) is 15.2. The molecule has 1 fully saturated rings. The Labute approximate surface area is 151 Å². The smallest absolute Gasteiger partial charge is 0.348 e. The number of benzene rings is 1. The highest BCUT2D eigenvalue weighted by atomic mass is 79.9. The van der Waals surface area contributed by atoms with E-state index < -0.39 is 30.3 Å². The van der Waals surface area contributed by atoms with E-state index in [-0.39, 0.29) is 22.6 Å². The average molecular weight is 415 g/mol. The first-order chi connectivity index (χ1) is 11.6. The van der Waals surface area contributed by atoms with E-state index in [0.717, 1.165) is 0 Å². The third-order valence-electron chi connectivity index (χ3n) is 3.02. The molecule has 134 valence electrons. The lowest BCUT2D eigenvalue weighted by atomic mass is 10.1. The van der Waals surface area contributed by atoms with Gasteiger partial charge < -0.3 is 24.1 Å².